The first-order valence-electron chi connectivity index (χ1n) is 3.74. The highest BCUT2D eigenvalue weighted by Crippen LogP contribution is 1.90. The van der Waals surface area contributed by atoms with Gasteiger partial charge in [-0.3, -0.25) is 9.80 Å². The van der Waals surface area contributed by atoms with Crippen molar-refractivity contribution in [3.05, 3.63) is 0 Å². The zero-order chi connectivity index (χ0) is 8.69. The highest BCUT2D eigenvalue weighted by molar-refractivity contribution is 5.76. The monoisotopic (exact) mass is 161 g/mol. The van der Waals surface area contributed by atoms with Crippen LogP contribution in [0.2, 0.25) is 0 Å². The summed E-state index contributed by atoms with van der Waals surface area (Å²) in [5, 5.41) is 6.94. The molecule has 0 heterocycles. The minimum Gasteiger partial charge on any atom is -0.388 e. The number of nitrogens with one attached hydrogen (secondary N) is 1. The van der Waals surface area contributed by atoms with Crippen molar-refractivity contribution in [3.8, 4) is 0 Å². The Labute approximate surface area is 66.9 Å². The predicted molar refractivity (Wildman–Crippen MR) is 44.6 cm³/mol. The third-order valence-corrected chi connectivity index (χ3v) is 1.44. The van der Waals surface area contributed by atoms with Gasteiger partial charge >= 0.3 is 0 Å². The van der Waals surface area contributed by atoms with Crippen LogP contribution in [0.3, 0.4) is 0 Å². The number of amidine groups is 1. The molecule has 0 spiro atoms. The lowest BCUT2D eigenvalue weighted by molar-refractivity contribution is 0.316. The van der Waals surface area contributed by atoms with Gasteiger partial charge in [-0.25, -0.2) is 0 Å². The fourth-order valence-corrected chi connectivity index (χ4v) is 0.753. The van der Waals surface area contributed by atoms with Crippen LogP contribution >= 0.6 is 0 Å². The van der Waals surface area contributed by atoms with Crippen LogP contribution in [-0.2, 0) is 0 Å². The zero-order valence-corrected chi connectivity index (χ0v) is 6.94. The summed E-state index contributed by atoms with van der Waals surface area (Å²) >= 11 is 0. The van der Waals surface area contributed by atoms with Gasteiger partial charge in [0.25, 0.3) is 0 Å². The Balaban J connectivity index is 3.22. The zero-order valence-electron chi connectivity index (χ0n) is 6.94. The molecule has 0 fully saturated rings. The van der Waals surface area contributed by atoms with Crippen molar-refractivity contribution in [2.45, 2.75) is 12.8 Å². The van der Waals surface area contributed by atoms with Crippen molar-refractivity contribution in [3.63, 3.8) is 0 Å². The molecule has 0 aliphatic carbocycles. The number of halogens is 1. The first-order chi connectivity index (χ1) is 5.16. The Morgan fingerprint density at radius 1 is 1.55 bits per heavy atom. The maximum atomic E-state index is 11.7. The van der Waals surface area contributed by atoms with Crippen molar-refractivity contribution in [1.29, 1.82) is 5.41 Å². The van der Waals surface area contributed by atoms with Crippen LogP contribution in [0.15, 0.2) is 0 Å². The van der Waals surface area contributed by atoms with Gasteiger partial charge in [0.2, 0.25) is 0 Å². The van der Waals surface area contributed by atoms with Gasteiger partial charge in [-0.2, -0.15) is 0 Å². The van der Waals surface area contributed by atoms with Crippen molar-refractivity contribution < 1.29 is 4.39 Å². The van der Waals surface area contributed by atoms with Crippen LogP contribution < -0.4 is 5.73 Å². The summed E-state index contributed by atoms with van der Waals surface area (Å²) in [6, 6.07) is 0. The van der Waals surface area contributed by atoms with Crippen molar-refractivity contribution in [2.24, 2.45) is 5.73 Å². The number of hydrogen-bond donors (Lipinski definition) is 2. The Morgan fingerprint density at radius 3 is 2.64 bits per heavy atom. The van der Waals surface area contributed by atoms with Crippen molar-refractivity contribution in [2.75, 3.05) is 26.8 Å². The predicted octanol–water partition coefficient (Wildman–Crippen LogP) is 0.604. The lowest BCUT2D eigenvalue weighted by Crippen LogP contribution is -2.25. The van der Waals surface area contributed by atoms with Gasteiger partial charge in [-0.1, -0.05) is 0 Å². The summed E-state index contributed by atoms with van der Waals surface area (Å²) in [6.45, 7) is 1.21. The largest absolute Gasteiger partial charge is 0.388 e. The van der Waals surface area contributed by atoms with Crippen LogP contribution in [-0.4, -0.2) is 37.5 Å². The number of nitrogens with two attached hydrogens (primary N) is 1. The van der Waals surface area contributed by atoms with Gasteiger partial charge in [-0.15, -0.1) is 0 Å². The number of nitrogens with zero attached hydrogens (tertiary/aromatic N) is 1. The van der Waals surface area contributed by atoms with Crippen LogP contribution in [0.5, 0.6) is 0 Å². The molecule has 3 nitrogen and oxygen atoms in total. The van der Waals surface area contributed by atoms with E-state index in [-0.39, 0.29) is 12.5 Å². The van der Waals surface area contributed by atoms with E-state index in [2.05, 4.69) is 0 Å². The van der Waals surface area contributed by atoms with Gasteiger partial charge in [-0.05, 0) is 13.5 Å². The second-order valence-corrected chi connectivity index (χ2v) is 2.62. The van der Waals surface area contributed by atoms with Crippen LogP contribution in [0.25, 0.3) is 0 Å². The smallest absolute Gasteiger partial charge is 0.0918 e. The molecule has 3 N–H and O–H groups in total. The number of alkyl halides is 1. The molecule has 11 heavy (non-hydrogen) atoms. The highest BCUT2D eigenvalue weighted by atomic mass is 19.1. The normalized spacial score (nSPS) is 10.5. The molecule has 0 aromatic heterocycles. The van der Waals surface area contributed by atoms with Gasteiger partial charge in [0.1, 0.15) is 0 Å². The third kappa shape index (κ3) is 7.25. The maximum Gasteiger partial charge on any atom is 0.0918 e. The van der Waals surface area contributed by atoms with E-state index < -0.39 is 0 Å². The summed E-state index contributed by atoms with van der Waals surface area (Å²) in [5.41, 5.74) is 5.15. The Morgan fingerprint density at radius 2 is 2.18 bits per heavy atom. The SMILES string of the molecule is CN(CCCF)CCC(=N)N. The molecule has 0 bridgehead atoms. The molecule has 0 aromatic carbocycles. The van der Waals surface area contributed by atoms with E-state index in [0.29, 0.717) is 12.8 Å². The third-order valence-electron chi connectivity index (χ3n) is 1.44. The average molecular weight is 161 g/mol. The molecule has 0 aromatic rings. The van der Waals surface area contributed by atoms with Gasteiger partial charge in [0, 0.05) is 19.5 Å². The number of hydrogen-bond acceptors (Lipinski definition) is 2. The lowest BCUT2D eigenvalue weighted by atomic mass is 10.3. The molecule has 0 atom stereocenters. The molecule has 4 heteroatoms. The molecule has 0 aliphatic heterocycles. The molecule has 0 amide bonds. The summed E-state index contributed by atoms with van der Waals surface area (Å²) in [6.07, 6.45) is 1.14. The van der Waals surface area contributed by atoms with Gasteiger partial charge in [0.05, 0.1) is 12.5 Å². The molecule has 0 unspecified atom stereocenters. The quantitative estimate of drug-likeness (QED) is 0.443. The van der Waals surface area contributed by atoms with Crippen LogP contribution in [0, 0.1) is 5.41 Å². The highest BCUT2D eigenvalue weighted by Gasteiger charge is 1.97. The van der Waals surface area contributed by atoms with Crippen molar-refractivity contribution >= 4 is 5.84 Å². The number of rotatable bonds is 6. The molecule has 0 rings (SSSR count). The van der Waals surface area contributed by atoms with E-state index in [1.54, 1.807) is 0 Å². The van der Waals surface area contributed by atoms with E-state index in [1.165, 1.54) is 0 Å². The maximum absolute atomic E-state index is 11.7. The second kappa shape index (κ2) is 6.09. The van der Waals surface area contributed by atoms with Crippen LogP contribution in [0.1, 0.15) is 12.8 Å². The minimum atomic E-state index is -0.273. The average Bonchev–Trinajstić information content (AvgIpc) is 1.97. The Kier molecular flexibility index (Phi) is 5.74. The standard InChI is InChI=1S/C7H16FN3/c1-11(5-2-4-8)6-3-7(9)10/h2-6H2,1H3,(H3,9,10). The topological polar surface area (TPSA) is 53.1 Å². The molecule has 0 saturated heterocycles. The first kappa shape index (κ1) is 10.4. The van der Waals surface area contributed by atoms with Crippen molar-refractivity contribution in [1.82, 2.24) is 4.90 Å². The molecular weight excluding hydrogens is 145 g/mol. The second-order valence-electron chi connectivity index (χ2n) is 2.62. The van der Waals surface area contributed by atoms with E-state index in [0.717, 1.165) is 13.1 Å². The molecule has 0 aliphatic rings. The van der Waals surface area contributed by atoms with E-state index in [4.69, 9.17) is 11.1 Å². The first-order valence-corrected chi connectivity index (χ1v) is 3.74. The molecule has 0 saturated carbocycles. The Bertz CT molecular complexity index is 116. The van der Waals surface area contributed by atoms with E-state index >= 15 is 0 Å². The van der Waals surface area contributed by atoms with E-state index in [1.807, 2.05) is 11.9 Å². The molecular formula is C7H16FN3. The fourth-order valence-electron chi connectivity index (χ4n) is 0.753. The minimum absolute atomic E-state index is 0.192. The lowest BCUT2D eigenvalue weighted by Gasteiger charge is -2.14. The Hall–Kier alpha value is -0.640. The summed E-state index contributed by atoms with van der Waals surface area (Å²) in [7, 11) is 1.90. The molecule has 66 valence electrons. The van der Waals surface area contributed by atoms with Crippen LogP contribution in [0.4, 0.5) is 4.39 Å². The van der Waals surface area contributed by atoms with Gasteiger partial charge in [0.15, 0.2) is 0 Å². The summed E-state index contributed by atoms with van der Waals surface area (Å²) in [5.74, 6) is 0.192. The summed E-state index contributed by atoms with van der Waals surface area (Å²) < 4.78 is 11.7. The van der Waals surface area contributed by atoms with Gasteiger partial charge < -0.3 is 10.6 Å². The molecule has 0 radical (unpaired) electrons. The summed E-state index contributed by atoms with van der Waals surface area (Å²) in [4.78, 5) is 1.97. The fraction of sp³-hybridized carbons (Fsp3) is 0.857. The van der Waals surface area contributed by atoms with E-state index in [9.17, 15) is 4.39 Å².